The highest BCUT2D eigenvalue weighted by molar-refractivity contribution is 9.10. The average molecular weight is 374 g/mol. The Morgan fingerprint density at radius 1 is 1.35 bits per heavy atom. The van der Waals surface area contributed by atoms with Crippen LogP contribution in [0.15, 0.2) is 28.7 Å². The van der Waals surface area contributed by atoms with Crippen molar-refractivity contribution < 1.29 is 9.53 Å². The normalized spacial score (nSPS) is 14.4. The van der Waals surface area contributed by atoms with Gasteiger partial charge in [0.25, 0.3) is 0 Å². The Kier molecular flexibility index (Phi) is 4.25. The highest BCUT2D eigenvalue weighted by atomic mass is 79.9. The lowest BCUT2D eigenvalue weighted by molar-refractivity contribution is -0.147. The minimum Gasteiger partial charge on any atom is -0.450 e. The largest absolute Gasteiger partial charge is 0.450 e. The maximum atomic E-state index is 11.8. The average Bonchev–Trinajstić information content (AvgIpc) is 3.18. The number of benzene rings is 1. The van der Waals surface area contributed by atoms with Crippen LogP contribution in [-0.2, 0) is 16.1 Å². The molecule has 0 unspecified atom stereocenters. The van der Waals surface area contributed by atoms with Gasteiger partial charge in [-0.3, -0.25) is 0 Å². The summed E-state index contributed by atoms with van der Waals surface area (Å²) in [7, 11) is 0. The summed E-state index contributed by atoms with van der Waals surface area (Å²) in [5.74, 6) is 5.87. The van der Waals surface area contributed by atoms with Gasteiger partial charge in [-0.05, 0) is 63.7 Å². The predicted octanol–water partition coefficient (Wildman–Crippen LogP) is 4.51. The fraction of sp³-hybridized carbons (Fsp3) is 0.421. The number of hydrogen-bond donors (Lipinski definition) is 0. The summed E-state index contributed by atoms with van der Waals surface area (Å²) in [5.41, 5.74) is 1.51. The van der Waals surface area contributed by atoms with Gasteiger partial charge in [-0.1, -0.05) is 22.0 Å². The molecule has 0 amide bonds. The fourth-order valence-electron chi connectivity index (χ4n) is 2.51. The maximum absolute atomic E-state index is 11.8. The van der Waals surface area contributed by atoms with Crippen molar-refractivity contribution in [2.75, 3.05) is 0 Å². The zero-order valence-corrected chi connectivity index (χ0v) is 15.2. The number of carbonyl (C=O) groups excluding carboxylic acids is 1. The maximum Gasteiger partial charge on any atom is 0.385 e. The summed E-state index contributed by atoms with van der Waals surface area (Å²) in [6.07, 6.45) is 2.54. The minimum atomic E-state index is -0.517. The lowest BCUT2D eigenvalue weighted by atomic mass is 10.2. The molecule has 0 bridgehead atoms. The number of nitrogens with zero attached hydrogens (tertiary/aromatic N) is 1. The molecule has 0 aliphatic heterocycles. The van der Waals surface area contributed by atoms with E-state index in [4.69, 9.17) is 4.74 Å². The van der Waals surface area contributed by atoms with E-state index in [1.165, 1.54) is 12.8 Å². The molecular formula is C19H20BrNO2. The van der Waals surface area contributed by atoms with Crippen molar-refractivity contribution in [3.8, 4) is 11.8 Å². The molecule has 4 heteroatoms. The van der Waals surface area contributed by atoms with Crippen LogP contribution in [0.1, 0.15) is 39.3 Å². The first-order valence-electron chi connectivity index (χ1n) is 7.85. The molecule has 1 saturated carbocycles. The molecule has 120 valence electrons. The van der Waals surface area contributed by atoms with Crippen molar-refractivity contribution in [3.05, 3.63) is 34.4 Å². The van der Waals surface area contributed by atoms with Crippen LogP contribution in [0.4, 0.5) is 0 Å². The number of hydrogen-bond acceptors (Lipinski definition) is 2. The quantitative estimate of drug-likeness (QED) is 0.572. The smallest absolute Gasteiger partial charge is 0.385 e. The monoisotopic (exact) mass is 373 g/mol. The van der Waals surface area contributed by atoms with Gasteiger partial charge in [0.05, 0.1) is 11.2 Å². The molecule has 2 aromatic rings. The molecule has 3 rings (SSSR count). The van der Waals surface area contributed by atoms with Crippen LogP contribution >= 0.6 is 15.9 Å². The van der Waals surface area contributed by atoms with Crippen molar-refractivity contribution in [1.29, 1.82) is 0 Å². The van der Waals surface area contributed by atoms with Gasteiger partial charge in [0.15, 0.2) is 0 Å². The summed E-state index contributed by atoms with van der Waals surface area (Å²) in [5, 5.41) is 1.14. The Hall–Kier alpha value is -1.73. The second-order valence-electron chi connectivity index (χ2n) is 7.04. The Morgan fingerprint density at radius 2 is 2.09 bits per heavy atom. The third-order valence-corrected chi connectivity index (χ3v) is 4.19. The molecule has 0 radical (unpaired) electrons. The number of fused-ring (bicyclic) bond motifs is 1. The molecule has 1 heterocycles. The van der Waals surface area contributed by atoms with E-state index in [-0.39, 0.29) is 0 Å². The molecule has 1 fully saturated rings. The molecule has 23 heavy (non-hydrogen) atoms. The predicted molar refractivity (Wildman–Crippen MR) is 95.1 cm³/mol. The molecule has 0 atom stereocenters. The summed E-state index contributed by atoms with van der Waals surface area (Å²) < 4.78 is 8.52. The molecule has 3 nitrogen and oxygen atoms in total. The summed E-state index contributed by atoms with van der Waals surface area (Å²) in [6.45, 7) is 6.48. The summed E-state index contributed by atoms with van der Waals surface area (Å²) in [4.78, 5) is 11.8. The number of aromatic nitrogens is 1. The molecule has 1 aromatic heterocycles. The highest BCUT2D eigenvalue weighted by Gasteiger charge is 2.23. The van der Waals surface area contributed by atoms with E-state index < -0.39 is 11.6 Å². The van der Waals surface area contributed by atoms with Crippen LogP contribution in [0.25, 0.3) is 10.9 Å². The molecule has 1 aliphatic carbocycles. The third-order valence-electron chi connectivity index (χ3n) is 3.70. The van der Waals surface area contributed by atoms with E-state index >= 15 is 0 Å². The SMILES string of the molecule is CC(C)(C)OC(=O)C#Cc1cc2ccc(Br)cc2n1CC1CC1. The Labute approximate surface area is 145 Å². The second kappa shape index (κ2) is 6.05. The van der Waals surface area contributed by atoms with Crippen LogP contribution < -0.4 is 0 Å². The van der Waals surface area contributed by atoms with Crippen molar-refractivity contribution >= 4 is 32.8 Å². The summed E-state index contributed by atoms with van der Waals surface area (Å²) >= 11 is 3.53. The van der Waals surface area contributed by atoms with Gasteiger partial charge in [-0.25, -0.2) is 4.79 Å². The van der Waals surface area contributed by atoms with Gasteiger partial charge in [-0.15, -0.1) is 0 Å². The molecule has 0 spiro atoms. The molecular weight excluding hydrogens is 354 g/mol. The number of rotatable bonds is 2. The lowest BCUT2D eigenvalue weighted by Gasteiger charge is -2.16. The van der Waals surface area contributed by atoms with Gasteiger partial charge in [0.1, 0.15) is 5.60 Å². The van der Waals surface area contributed by atoms with E-state index in [1.807, 2.05) is 32.9 Å². The number of halogens is 1. The van der Waals surface area contributed by atoms with Crippen molar-refractivity contribution in [1.82, 2.24) is 4.57 Å². The van der Waals surface area contributed by atoms with Crippen LogP contribution in [0.2, 0.25) is 0 Å². The van der Waals surface area contributed by atoms with E-state index in [2.05, 4.69) is 44.5 Å². The lowest BCUT2D eigenvalue weighted by Crippen LogP contribution is -2.22. The van der Waals surface area contributed by atoms with Gasteiger partial charge in [-0.2, -0.15) is 0 Å². The fourth-order valence-corrected chi connectivity index (χ4v) is 2.85. The number of ether oxygens (including phenoxy) is 1. The Balaban J connectivity index is 1.95. The number of carbonyl (C=O) groups is 1. The van der Waals surface area contributed by atoms with Crippen LogP contribution in [-0.4, -0.2) is 16.1 Å². The van der Waals surface area contributed by atoms with Gasteiger partial charge in [0, 0.05) is 22.3 Å². The third kappa shape index (κ3) is 4.17. The highest BCUT2D eigenvalue weighted by Crippen LogP contribution is 2.33. The van der Waals surface area contributed by atoms with Crippen LogP contribution in [0.3, 0.4) is 0 Å². The van der Waals surface area contributed by atoms with Crippen LogP contribution in [0, 0.1) is 17.8 Å². The van der Waals surface area contributed by atoms with Crippen molar-refractivity contribution in [3.63, 3.8) is 0 Å². The van der Waals surface area contributed by atoms with E-state index in [0.717, 1.165) is 33.5 Å². The first-order chi connectivity index (χ1) is 10.8. The Bertz CT molecular complexity index is 813. The topological polar surface area (TPSA) is 31.2 Å². The Morgan fingerprint density at radius 3 is 2.74 bits per heavy atom. The van der Waals surface area contributed by atoms with E-state index in [1.54, 1.807) is 0 Å². The first-order valence-corrected chi connectivity index (χ1v) is 8.65. The van der Waals surface area contributed by atoms with Gasteiger partial charge in [0.2, 0.25) is 0 Å². The van der Waals surface area contributed by atoms with Gasteiger partial charge < -0.3 is 9.30 Å². The zero-order valence-electron chi connectivity index (χ0n) is 13.6. The molecule has 0 N–H and O–H groups in total. The second-order valence-corrected chi connectivity index (χ2v) is 7.95. The van der Waals surface area contributed by atoms with Crippen molar-refractivity contribution in [2.24, 2.45) is 5.92 Å². The first kappa shape index (κ1) is 16.1. The van der Waals surface area contributed by atoms with Crippen molar-refractivity contribution in [2.45, 2.75) is 45.8 Å². The summed E-state index contributed by atoms with van der Waals surface area (Å²) in [6, 6.07) is 8.24. The molecule has 1 aliphatic rings. The number of esters is 1. The minimum absolute atomic E-state index is 0.484. The van der Waals surface area contributed by atoms with E-state index in [0.29, 0.717) is 0 Å². The van der Waals surface area contributed by atoms with Gasteiger partial charge >= 0.3 is 5.97 Å². The zero-order chi connectivity index (χ0) is 16.6. The van der Waals surface area contributed by atoms with Crippen LogP contribution in [0.5, 0.6) is 0 Å². The molecule has 0 saturated heterocycles. The van der Waals surface area contributed by atoms with E-state index in [9.17, 15) is 4.79 Å². The standard InChI is InChI=1S/C19H20BrNO2/c1-19(2,3)23-18(22)9-8-16-10-14-6-7-15(20)11-17(14)21(16)12-13-4-5-13/h6-7,10-11,13H,4-5,12H2,1-3H3. The molecule has 1 aromatic carbocycles.